The summed E-state index contributed by atoms with van der Waals surface area (Å²) in [6.45, 7) is -0.727. The largest absolute Gasteiger partial charge is 0.464 e. The van der Waals surface area contributed by atoms with E-state index in [1.54, 1.807) is 0 Å². The minimum atomic E-state index is -4.90. The molecule has 16 nitrogen and oxygen atoms in total. The van der Waals surface area contributed by atoms with Gasteiger partial charge in [-0.3, -0.25) is 14.2 Å². The molecular weight excluding hydrogens is 430 g/mol. The van der Waals surface area contributed by atoms with Gasteiger partial charge < -0.3 is 10.0 Å². The van der Waals surface area contributed by atoms with Crippen LogP contribution in [0.3, 0.4) is 0 Å². The van der Waals surface area contributed by atoms with Gasteiger partial charge in [-0.05, 0) is 12.8 Å². The summed E-state index contributed by atoms with van der Waals surface area (Å²) in [4.78, 5) is 40.4. The number of amides is 4. The molecule has 0 aromatic carbocycles. The highest BCUT2D eigenvalue weighted by atomic mass is 32.3. The molecule has 0 aromatic heterocycles. The van der Waals surface area contributed by atoms with Crippen LogP contribution in [0.1, 0.15) is 12.8 Å². The van der Waals surface area contributed by atoms with Gasteiger partial charge in [0, 0.05) is 13.1 Å². The smallest absolute Gasteiger partial charge is 0.419 e. The normalized spacial score (nSPS) is 22.2. The zero-order chi connectivity index (χ0) is 21.1. The van der Waals surface area contributed by atoms with Gasteiger partial charge in [-0.1, -0.05) is 0 Å². The highest BCUT2D eigenvalue weighted by molar-refractivity contribution is 7.88. The van der Waals surface area contributed by atoms with E-state index < -0.39 is 50.7 Å². The van der Waals surface area contributed by atoms with E-state index in [4.69, 9.17) is 14.5 Å². The Balaban J connectivity index is 1.80. The van der Waals surface area contributed by atoms with Crippen molar-refractivity contribution in [3.8, 4) is 0 Å². The van der Waals surface area contributed by atoms with Crippen molar-refractivity contribution in [2.45, 2.75) is 24.9 Å². The number of fused-ring (bicyclic) bond motifs is 2. The second kappa shape index (κ2) is 8.41. The van der Waals surface area contributed by atoms with Crippen LogP contribution in [0.5, 0.6) is 0 Å². The van der Waals surface area contributed by atoms with Gasteiger partial charge in [0.1, 0.15) is 6.04 Å². The summed E-state index contributed by atoms with van der Waals surface area (Å²) in [5.41, 5.74) is 2.01. The first-order valence-corrected chi connectivity index (χ1v) is 10.4. The van der Waals surface area contributed by atoms with Crippen LogP contribution in [0.2, 0.25) is 0 Å². The molecule has 2 rings (SSSR count). The summed E-state index contributed by atoms with van der Waals surface area (Å²) in [6.07, 6.45) is -1.40. The maximum atomic E-state index is 12.2. The fourth-order valence-electron chi connectivity index (χ4n) is 2.67. The molecule has 2 saturated heterocycles. The molecule has 18 heteroatoms. The van der Waals surface area contributed by atoms with Crippen molar-refractivity contribution in [3.05, 3.63) is 0 Å². The third kappa shape index (κ3) is 5.87. The topological polar surface area (TPSA) is 221 Å². The van der Waals surface area contributed by atoms with Gasteiger partial charge in [0.15, 0.2) is 0 Å². The summed E-state index contributed by atoms with van der Waals surface area (Å²) in [7, 11) is -9.17. The summed E-state index contributed by atoms with van der Waals surface area (Å²) < 4.78 is 60.0. The van der Waals surface area contributed by atoms with Gasteiger partial charge in [0.05, 0.1) is 12.6 Å². The van der Waals surface area contributed by atoms with E-state index in [1.165, 1.54) is 4.72 Å². The number of carboxylic acid groups (broad SMARTS) is 1. The van der Waals surface area contributed by atoms with Crippen molar-refractivity contribution in [3.63, 3.8) is 0 Å². The van der Waals surface area contributed by atoms with Crippen molar-refractivity contribution in [2.75, 3.05) is 19.7 Å². The molecule has 2 aliphatic heterocycles. The van der Waals surface area contributed by atoms with Crippen LogP contribution >= 0.6 is 0 Å². The van der Waals surface area contributed by atoms with E-state index in [-0.39, 0.29) is 32.5 Å². The maximum absolute atomic E-state index is 12.2. The zero-order valence-electron chi connectivity index (χ0n) is 14.0. The fraction of sp³-hybridized carbons (Fsp3) is 0.700. The predicted molar refractivity (Wildman–Crippen MR) is 85.6 cm³/mol. The summed E-state index contributed by atoms with van der Waals surface area (Å²) >= 11 is 0. The average molecular weight is 447 g/mol. The molecule has 2 aliphatic rings. The van der Waals surface area contributed by atoms with Gasteiger partial charge in [-0.2, -0.15) is 26.6 Å². The number of hydrogen-bond acceptors (Lipinski definition) is 9. The molecule has 0 aliphatic carbocycles. The lowest BCUT2D eigenvalue weighted by atomic mass is 10.0. The SMILES string of the molecule is O=C(O)NS(=O)(=O)NCCONC(=O)[C@@H]1CC[C@@H]2CN1C(=O)N2OS(=O)(=O)O. The Morgan fingerprint density at radius 1 is 1.21 bits per heavy atom. The number of nitrogens with one attached hydrogen (secondary N) is 3. The number of nitrogens with zero attached hydrogens (tertiary/aromatic N) is 2. The van der Waals surface area contributed by atoms with Crippen molar-refractivity contribution in [1.82, 2.24) is 24.9 Å². The van der Waals surface area contributed by atoms with Crippen LogP contribution in [0.4, 0.5) is 9.59 Å². The quantitative estimate of drug-likeness (QED) is 0.137. The molecule has 2 bridgehead atoms. The van der Waals surface area contributed by atoms with Crippen LogP contribution in [0.15, 0.2) is 0 Å². The van der Waals surface area contributed by atoms with Gasteiger partial charge in [-0.25, -0.2) is 19.8 Å². The van der Waals surface area contributed by atoms with E-state index in [0.29, 0.717) is 5.06 Å². The standard InChI is InChI=1S/C10H17N5O11S2/c16-8(12-25-4-3-11-27(20,21)13-9(17)18)7-2-1-6-5-14(7)10(19)15(6)26-28(22,23)24/h6-7,11,13H,1-5H2,(H,12,16)(H,17,18)(H,22,23,24)/t6-,7+/m1/s1. The van der Waals surface area contributed by atoms with E-state index >= 15 is 0 Å². The predicted octanol–water partition coefficient (Wildman–Crippen LogP) is -2.86. The molecule has 0 unspecified atom stereocenters. The Hall–Kier alpha value is -2.25. The summed E-state index contributed by atoms with van der Waals surface area (Å²) in [5.74, 6) is -0.743. The summed E-state index contributed by atoms with van der Waals surface area (Å²) in [5, 5.41) is 8.79. The van der Waals surface area contributed by atoms with E-state index in [1.807, 2.05) is 10.2 Å². The number of urea groups is 1. The first kappa shape index (κ1) is 22.0. The lowest BCUT2D eigenvalue weighted by molar-refractivity contribution is -0.138. The number of piperidine rings is 1. The third-order valence-corrected chi connectivity index (χ3v) is 5.07. The highest BCUT2D eigenvalue weighted by Crippen LogP contribution is 2.30. The molecular formula is C10H17N5O11S2. The molecule has 5 N–H and O–H groups in total. The van der Waals surface area contributed by atoms with Gasteiger partial charge >= 0.3 is 32.7 Å². The second-order valence-corrected chi connectivity index (χ2v) is 8.13. The molecule has 4 amide bonds. The lowest BCUT2D eigenvalue weighted by Gasteiger charge is -2.28. The first-order valence-electron chi connectivity index (χ1n) is 7.58. The number of carbonyl (C=O) groups excluding carboxylic acids is 2. The minimum absolute atomic E-state index is 0.00685. The van der Waals surface area contributed by atoms with Crippen LogP contribution < -0.4 is 14.9 Å². The Morgan fingerprint density at radius 2 is 1.89 bits per heavy atom. The minimum Gasteiger partial charge on any atom is -0.464 e. The Bertz CT molecular complexity index is 844. The lowest BCUT2D eigenvalue weighted by Crippen LogP contribution is -2.50. The van der Waals surface area contributed by atoms with Crippen LogP contribution in [-0.4, -0.2) is 86.3 Å². The molecule has 0 radical (unpaired) electrons. The Morgan fingerprint density at radius 3 is 2.50 bits per heavy atom. The van der Waals surface area contributed by atoms with Gasteiger partial charge in [-0.15, -0.1) is 4.28 Å². The first-order chi connectivity index (χ1) is 12.9. The zero-order valence-corrected chi connectivity index (χ0v) is 15.6. The van der Waals surface area contributed by atoms with Crippen molar-refractivity contribution in [1.29, 1.82) is 0 Å². The molecule has 0 aromatic rings. The molecule has 2 atom stereocenters. The van der Waals surface area contributed by atoms with Crippen LogP contribution in [0.25, 0.3) is 0 Å². The van der Waals surface area contributed by atoms with E-state index in [0.717, 1.165) is 4.90 Å². The molecule has 28 heavy (non-hydrogen) atoms. The van der Waals surface area contributed by atoms with Crippen molar-refractivity contribution in [2.24, 2.45) is 0 Å². The monoisotopic (exact) mass is 447 g/mol. The van der Waals surface area contributed by atoms with Gasteiger partial charge in [0.2, 0.25) is 0 Å². The molecule has 0 saturated carbocycles. The van der Waals surface area contributed by atoms with E-state index in [2.05, 4.69) is 4.28 Å². The number of carbonyl (C=O) groups is 3. The molecule has 2 heterocycles. The Kier molecular flexibility index (Phi) is 6.62. The third-order valence-electron chi connectivity index (χ3n) is 3.69. The van der Waals surface area contributed by atoms with Gasteiger partial charge in [0.25, 0.3) is 5.91 Å². The van der Waals surface area contributed by atoms with Crippen molar-refractivity contribution >= 4 is 38.6 Å². The molecule has 0 spiro atoms. The van der Waals surface area contributed by atoms with E-state index in [9.17, 15) is 31.2 Å². The number of hydroxylamine groups is 3. The van der Waals surface area contributed by atoms with Crippen molar-refractivity contribution < 1.29 is 50.0 Å². The number of rotatable bonds is 9. The fourth-order valence-corrected chi connectivity index (χ4v) is 3.71. The molecule has 160 valence electrons. The van der Waals surface area contributed by atoms with Crippen LogP contribution in [0, 0.1) is 0 Å². The number of hydrogen-bond donors (Lipinski definition) is 5. The summed E-state index contributed by atoms with van der Waals surface area (Å²) in [6, 6.07) is -2.58. The average Bonchev–Trinajstić information content (AvgIpc) is 2.76. The van der Waals surface area contributed by atoms with Crippen LogP contribution in [-0.2, 0) is 34.5 Å². The Labute approximate surface area is 158 Å². The second-order valence-electron chi connectivity index (χ2n) is 5.63. The molecule has 2 fully saturated rings. The maximum Gasteiger partial charge on any atom is 0.419 e. The highest BCUT2D eigenvalue weighted by Gasteiger charge is 2.49.